The number of benzene rings is 1. The van der Waals surface area contributed by atoms with Gasteiger partial charge < -0.3 is 15.8 Å². The molecule has 0 spiro atoms. The highest BCUT2D eigenvalue weighted by molar-refractivity contribution is 5.97. The van der Waals surface area contributed by atoms with Gasteiger partial charge in [-0.1, -0.05) is 12.8 Å². The second kappa shape index (κ2) is 8.65. The molecule has 24 heavy (non-hydrogen) atoms. The molecule has 1 aliphatic carbocycles. The quantitative estimate of drug-likeness (QED) is 0.308. The fourth-order valence-electron chi connectivity index (χ4n) is 2.40. The highest BCUT2D eigenvalue weighted by Gasteiger charge is 2.24. The lowest BCUT2D eigenvalue weighted by Crippen LogP contribution is -2.54. The van der Waals surface area contributed by atoms with Gasteiger partial charge in [0.1, 0.15) is 11.8 Å². The topological polar surface area (TPSA) is 114 Å². The molecule has 1 aliphatic rings. The van der Waals surface area contributed by atoms with E-state index in [0.29, 0.717) is 17.9 Å². The molecule has 2 amide bonds. The van der Waals surface area contributed by atoms with E-state index in [1.54, 1.807) is 31.2 Å². The molecule has 0 heterocycles. The summed E-state index contributed by atoms with van der Waals surface area (Å²) in [6, 6.07) is 5.04. The van der Waals surface area contributed by atoms with E-state index in [1.165, 1.54) is 24.7 Å². The highest BCUT2D eigenvalue weighted by atomic mass is 16.5. The minimum atomic E-state index is -1.01. The predicted octanol–water partition coefficient (Wildman–Crippen LogP) is 1.21. The summed E-state index contributed by atoms with van der Waals surface area (Å²) in [6.45, 7) is 2.24. The minimum absolute atomic E-state index is 0.386. The minimum Gasteiger partial charge on any atom is -0.494 e. The van der Waals surface area contributed by atoms with Crippen LogP contribution in [0, 0.1) is 5.92 Å². The average molecular weight is 335 g/mol. The lowest BCUT2D eigenvalue weighted by atomic mass is 10.1. The molecule has 1 aromatic rings. The maximum Gasteiger partial charge on any atom is 0.267 e. The molecule has 132 valence electrons. The van der Waals surface area contributed by atoms with Gasteiger partial charge >= 0.3 is 0 Å². The summed E-state index contributed by atoms with van der Waals surface area (Å²) in [7, 11) is 0. The van der Waals surface area contributed by atoms with Crippen LogP contribution in [0.25, 0.3) is 0 Å². The van der Waals surface area contributed by atoms with Crippen LogP contribution in [0.15, 0.2) is 24.3 Å². The van der Waals surface area contributed by atoms with Gasteiger partial charge in [-0.25, -0.2) is 5.48 Å². The molecule has 0 radical (unpaired) electrons. The molecule has 7 heteroatoms. The zero-order chi connectivity index (χ0) is 17.5. The van der Waals surface area contributed by atoms with Crippen molar-refractivity contribution in [2.75, 3.05) is 6.61 Å². The Hall–Kier alpha value is -2.12. The smallest absolute Gasteiger partial charge is 0.267 e. The largest absolute Gasteiger partial charge is 0.494 e. The maximum absolute atomic E-state index is 12.2. The number of hydrogen-bond acceptors (Lipinski definition) is 5. The van der Waals surface area contributed by atoms with E-state index in [4.69, 9.17) is 15.7 Å². The van der Waals surface area contributed by atoms with Gasteiger partial charge in [0.05, 0.1) is 6.61 Å². The van der Waals surface area contributed by atoms with Gasteiger partial charge in [0.2, 0.25) is 0 Å². The molecular weight excluding hydrogens is 310 g/mol. The number of nitrogens with two attached hydrogens (primary N) is 1. The van der Waals surface area contributed by atoms with Crippen molar-refractivity contribution in [1.29, 1.82) is 0 Å². The van der Waals surface area contributed by atoms with Crippen molar-refractivity contribution in [3.8, 4) is 5.75 Å². The van der Waals surface area contributed by atoms with Crippen LogP contribution in [0.5, 0.6) is 5.75 Å². The van der Waals surface area contributed by atoms with Crippen molar-refractivity contribution < 1.29 is 19.5 Å². The predicted molar refractivity (Wildman–Crippen MR) is 88.7 cm³/mol. The van der Waals surface area contributed by atoms with Gasteiger partial charge in [-0.15, -0.1) is 0 Å². The number of hydrogen-bond donors (Lipinski definition) is 4. The van der Waals surface area contributed by atoms with E-state index in [0.717, 1.165) is 12.3 Å². The number of ether oxygens (including phenoxy) is 1. The molecule has 1 aromatic carbocycles. The summed E-state index contributed by atoms with van der Waals surface area (Å²) in [5.74, 6) is 0.406. The Morgan fingerprint density at radius 1 is 1.33 bits per heavy atom. The third-order valence-electron chi connectivity index (χ3n) is 4.04. The first-order chi connectivity index (χ1) is 11.5. The zero-order valence-corrected chi connectivity index (χ0v) is 13.8. The normalized spacial score (nSPS) is 16.1. The Balaban J connectivity index is 1.83. The first-order valence-electron chi connectivity index (χ1n) is 8.24. The number of amides is 2. The second-order valence-electron chi connectivity index (χ2n) is 6.24. The summed E-state index contributed by atoms with van der Waals surface area (Å²) < 4.78 is 5.64. The first-order valence-corrected chi connectivity index (χ1v) is 8.24. The molecule has 2 atom stereocenters. The Bertz CT molecular complexity index is 555. The van der Waals surface area contributed by atoms with Gasteiger partial charge in [0.15, 0.2) is 0 Å². The molecular formula is C17H25N3O4. The third-order valence-corrected chi connectivity index (χ3v) is 4.04. The van der Waals surface area contributed by atoms with E-state index in [1.807, 2.05) is 0 Å². The summed E-state index contributed by atoms with van der Waals surface area (Å²) in [6.07, 6.45) is 4.95. The Labute approximate surface area is 141 Å². The lowest BCUT2D eigenvalue weighted by Gasteiger charge is -2.20. The number of carbonyl (C=O) groups excluding carboxylic acids is 2. The van der Waals surface area contributed by atoms with Gasteiger partial charge in [-0.05, 0) is 49.9 Å². The molecule has 0 unspecified atom stereocenters. The molecule has 7 nitrogen and oxygen atoms in total. The van der Waals surface area contributed by atoms with E-state index in [2.05, 4.69) is 5.32 Å². The SMILES string of the molecule is C[C@@H](N)[C@H](NC(=O)c1ccc(OCCCC2CC2)cc1)C(=O)NO. The Morgan fingerprint density at radius 3 is 2.54 bits per heavy atom. The lowest BCUT2D eigenvalue weighted by molar-refractivity contribution is -0.131. The summed E-state index contributed by atoms with van der Waals surface area (Å²) in [4.78, 5) is 23.7. The standard InChI is InChI=1S/C17H25N3O4/c1-11(18)15(17(22)20-23)19-16(21)13-6-8-14(9-7-13)24-10-2-3-12-4-5-12/h6-9,11-12,15,23H,2-5,10,18H2,1H3,(H,19,21)(H,20,22)/t11-,15+/m1/s1. The van der Waals surface area contributed by atoms with Gasteiger partial charge in [-0.2, -0.15) is 0 Å². The number of rotatable bonds is 9. The van der Waals surface area contributed by atoms with E-state index in [-0.39, 0.29) is 0 Å². The summed E-state index contributed by atoms with van der Waals surface area (Å²) >= 11 is 0. The van der Waals surface area contributed by atoms with Crippen LogP contribution in [-0.2, 0) is 4.79 Å². The van der Waals surface area contributed by atoms with Crippen molar-refractivity contribution in [3.63, 3.8) is 0 Å². The van der Waals surface area contributed by atoms with Crippen LogP contribution in [0.3, 0.4) is 0 Å². The average Bonchev–Trinajstić information content (AvgIpc) is 3.40. The molecule has 0 aromatic heterocycles. The van der Waals surface area contributed by atoms with Crippen molar-refractivity contribution in [2.24, 2.45) is 11.7 Å². The summed E-state index contributed by atoms with van der Waals surface area (Å²) in [5, 5.41) is 11.2. The van der Waals surface area contributed by atoms with Crippen molar-refractivity contribution in [3.05, 3.63) is 29.8 Å². The summed E-state index contributed by atoms with van der Waals surface area (Å²) in [5.41, 5.74) is 7.54. The van der Waals surface area contributed by atoms with E-state index in [9.17, 15) is 9.59 Å². The first kappa shape index (κ1) is 18.2. The van der Waals surface area contributed by atoms with Crippen molar-refractivity contribution in [2.45, 2.75) is 44.7 Å². The van der Waals surface area contributed by atoms with Crippen LogP contribution < -0.4 is 21.3 Å². The molecule has 5 N–H and O–H groups in total. The van der Waals surface area contributed by atoms with Gasteiger partial charge in [-0.3, -0.25) is 14.8 Å². The van der Waals surface area contributed by atoms with Crippen molar-refractivity contribution in [1.82, 2.24) is 10.8 Å². The fourth-order valence-corrected chi connectivity index (χ4v) is 2.40. The third kappa shape index (κ3) is 5.50. The number of carbonyl (C=O) groups is 2. The monoisotopic (exact) mass is 335 g/mol. The number of hydroxylamine groups is 1. The maximum atomic E-state index is 12.2. The van der Waals surface area contributed by atoms with Crippen LogP contribution in [0.4, 0.5) is 0 Å². The number of nitrogens with one attached hydrogen (secondary N) is 2. The molecule has 1 fully saturated rings. The van der Waals surface area contributed by atoms with Crippen LogP contribution >= 0.6 is 0 Å². The molecule has 0 aliphatic heterocycles. The van der Waals surface area contributed by atoms with Crippen molar-refractivity contribution >= 4 is 11.8 Å². The fraction of sp³-hybridized carbons (Fsp3) is 0.529. The molecule has 0 saturated heterocycles. The second-order valence-corrected chi connectivity index (χ2v) is 6.24. The van der Waals surface area contributed by atoms with Gasteiger partial charge in [0.25, 0.3) is 11.8 Å². The van der Waals surface area contributed by atoms with E-state index < -0.39 is 23.9 Å². The molecule has 0 bridgehead atoms. The molecule has 1 saturated carbocycles. The van der Waals surface area contributed by atoms with Crippen LogP contribution in [0.2, 0.25) is 0 Å². The Kier molecular flexibility index (Phi) is 6.57. The zero-order valence-electron chi connectivity index (χ0n) is 13.8. The molecule has 2 rings (SSSR count). The highest BCUT2D eigenvalue weighted by Crippen LogP contribution is 2.33. The Morgan fingerprint density at radius 2 is 2.00 bits per heavy atom. The van der Waals surface area contributed by atoms with Crippen LogP contribution in [-0.4, -0.2) is 35.7 Å². The van der Waals surface area contributed by atoms with E-state index >= 15 is 0 Å². The van der Waals surface area contributed by atoms with Crippen LogP contribution in [0.1, 0.15) is 43.0 Å². The van der Waals surface area contributed by atoms with Gasteiger partial charge in [0, 0.05) is 11.6 Å².